The summed E-state index contributed by atoms with van der Waals surface area (Å²) >= 11 is 1.41. The number of amides is 1. The molecule has 0 aliphatic carbocycles. The van der Waals surface area contributed by atoms with E-state index in [2.05, 4.69) is 10.3 Å². The Hall–Kier alpha value is -3.39. The van der Waals surface area contributed by atoms with Crippen molar-refractivity contribution in [3.63, 3.8) is 0 Å². The zero-order valence-electron chi connectivity index (χ0n) is 17.0. The fourth-order valence-corrected chi connectivity index (χ4v) is 4.26. The molecule has 30 heavy (non-hydrogen) atoms. The molecular formula is C22H22N4O3S. The molecule has 0 aliphatic rings. The van der Waals surface area contributed by atoms with E-state index in [1.807, 2.05) is 62.4 Å². The number of nitrogens with zero attached hydrogens (tertiary/aromatic N) is 3. The van der Waals surface area contributed by atoms with Crippen molar-refractivity contribution in [3.8, 4) is 17.0 Å². The predicted octanol–water partition coefficient (Wildman–Crippen LogP) is 3.81. The number of ether oxygens (including phenoxy) is 1. The second-order valence-corrected chi connectivity index (χ2v) is 8.05. The normalized spacial score (nSPS) is 11.0. The molecule has 4 rings (SSSR count). The summed E-state index contributed by atoms with van der Waals surface area (Å²) in [5.41, 5.74) is 3.07. The smallest absolute Gasteiger partial charge is 0.329 e. The Bertz CT molecular complexity index is 1270. The van der Waals surface area contributed by atoms with Crippen LogP contribution in [0.4, 0.5) is 5.13 Å². The van der Waals surface area contributed by atoms with Crippen LogP contribution in [0.25, 0.3) is 22.3 Å². The highest BCUT2D eigenvalue weighted by Gasteiger charge is 2.16. The molecule has 1 amide bonds. The number of nitrogens with one attached hydrogen (secondary N) is 1. The molecule has 4 aromatic rings. The monoisotopic (exact) mass is 422 g/mol. The lowest BCUT2D eigenvalue weighted by Gasteiger charge is -2.04. The first-order chi connectivity index (χ1) is 14.5. The topological polar surface area (TPSA) is 78.2 Å². The van der Waals surface area contributed by atoms with Gasteiger partial charge in [0.15, 0.2) is 5.13 Å². The summed E-state index contributed by atoms with van der Waals surface area (Å²) in [6.45, 7) is 4.45. The lowest BCUT2D eigenvalue weighted by molar-refractivity contribution is -0.116. The Morgan fingerprint density at radius 2 is 1.83 bits per heavy atom. The highest BCUT2D eigenvalue weighted by molar-refractivity contribution is 7.16. The van der Waals surface area contributed by atoms with Crippen molar-refractivity contribution in [2.75, 3.05) is 11.9 Å². The van der Waals surface area contributed by atoms with Crippen LogP contribution in [0.3, 0.4) is 0 Å². The van der Waals surface area contributed by atoms with E-state index in [9.17, 15) is 9.59 Å². The van der Waals surface area contributed by atoms with Crippen LogP contribution in [0.15, 0.2) is 53.3 Å². The van der Waals surface area contributed by atoms with E-state index in [1.54, 1.807) is 11.6 Å². The number of hydrogen-bond acceptors (Lipinski definition) is 5. The number of thiazole rings is 1. The third-order valence-electron chi connectivity index (χ3n) is 4.84. The minimum Gasteiger partial charge on any atom is -0.494 e. The molecule has 0 bridgehead atoms. The maximum absolute atomic E-state index is 12.6. The van der Waals surface area contributed by atoms with Crippen molar-refractivity contribution in [1.29, 1.82) is 0 Å². The van der Waals surface area contributed by atoms with Crippen LogP contribution in [0.5, 0.6) is 5.75 Å². The Balaban J connectivity index is 1.53. The van der Waals surface area contributed by atoms with Gasteiger partial charge in [0.1, 0.15) is 12.3 Å². The first-order valence-electron chi connectivity index (χ1n) is 9.62. The third kappa shape index (κ3) is 3.73. The number of carbonyl (C=O) groups excluding carboxylic acids is 1. The molecule has 8 heteroatoms. The number of aryl methyl sites for hydroxylation is 2. The first-order valence-corrected chi connectivity index (χ1v) is 10.4. The molecule has 2 aromatic heterocycles. The summed E-state index contributed by atoms with van der Waals surface area (Å²) < 4.78 is 8.49. The molecule has 0 saturated heterocycles. The van der Waals surface area contributed by atoms with Crippen LogP contribution < -0.4 is 15.7 Å². The van der Waals surface area contributed by atoms with Gasteiger partial charge in [-0.3, -0.25) is 13.9 Å². The number of imidazole rings is 1. The number of aromatic nitrogens is 3. The summed E-state index contributed by atoms with van der Waals surface area (Å²) in [6.07, 6.45) is 0. The standard InChI is InChI=1S/C22H22N4O3S/c1-4-29-16-11-9-15(10-12-16)20-14(2)30-21(24-20)23-19(27)13-26-18-8-6-5-7-17(18)25(3)22(26)28/h5-12H,4,13H2,1-3H3,(H,23,24,27). The van der Waals surface area contributed by atoms with Crippen molar-refractivity contribution in [3.05, 3.63) is 63.9 Å². The average Bonchev–Trinajstić information content (AvgIpc) is 3.21. The number of hydrogen-bond donors (Lipinski definition) is 1. The summed E-state index contributed by atoms with van der Waals surface area (Å²) in [5.74, 6) is 0.517. The molecule has 2 aromatic carbocycles. The lowest BCUT2D eigenvalue weighted by atomic mass is 10.1. The summed E-state index contributed by atoms with van der Waals surface area (Å²) in [5, 5.41) is 3.34. The van der Waals surface area contributed by atoms with Crippen molar-refractivity contribution in [2.45, 2.75) is 20.4 Å². The Kier molecular flexibility index (Phi) is 5.41. The quantitative estimate of drug-likeness (QED) is 0.513. The van der Waals surface area contributed by atoms with Gasteiger partial charge in [-0.25, -0.2) is 9.78 Å². The summed E-state index contributed by atoms with van der Waals surface area (Å²) in [7, 11) is 1.70. The van der Waals surface area contributed by atoms with Gasteiger partial charge in [-0.05, 0) is 50.2 Å². The maximum Gasteiger partial charge on any atom is 0.329 e. The summed E-state index contributed by atoms with van der Waals surface area (Å²) in [4.78, 5) is 30.7. The molecule has 2 heterocycles. The number of benzene rings is 2. The summed E-state index contributed by atoms with van der Waals surface area (Å²) in [6, 6.07) is 15.1. The molecule has 0 fully saturated rings. The molecule has 7 nitrogen and oxygen atoms in total. The van der Waals surface area contributed by atoms with Gasteiger partial charge in [0, 0.05) is 17.5 Å². The number of anilines is 1. The Morgan fingerprint density at radius 1 is 1.13 bits per heavy atom. The van der Waals surface area contributed by atoms with Gasteiger partial charge in [0.25, 0.3) is 0 Å². The van der Waals surface area contributed by atoms with Crippen LogP contribution in [-0.4, -0.2) is 26.6 Å². The highest BCUT2D eigenvalue weighted by Crippen LogP contribution is 2.31. The van der Waals surface area contributed by atoms with E-state index in [1.165, 1.54) is 15.9 Å². The third-order valence-corrected chi connectivity index (χ3v) is 5.72. The molecule has 0 unspecified atom stereocenters. The Labute approximate surface area is 177 Å². The highest BCUT2D eigenvalue weighted by atomic mass is 32.1. The average molecular weight is 423 g/mol. The number of rotatable bonds is 6. The zero-order chi connectivity index (χ0) is 21.3. The molecule has 1 N–H and O–H groups in total. The SMILES string of the molecule is CCOc1ccc(-c2nc(NC(=O)Cn3c(=O)n(C)c4ccccc43)sc2C)cc1. The minimum atomic E-state index is -0.291. The zero-order valence-corrected chi connectivity index (χ0v) is 17.8. The van der Waals surface area contributed by atoms with Crippen molar-refractivity contribution < 1.29 is 9.53 Å². The molecular weight excluding hydrogens is 400 g/mol. The van der Waals surface area contributed by atoms with Crippen LogP contribution in [-0.2, 0) is 18.4 Å². The lowest BCUT2D eigenvalue weighted by Crippen LogP contribution is -2.28. The largest absolute Gasteiger partial charge is 0.494 e. The van der Waals surface area contributed by atoms with Gasteiger partial charge in [0.05, 0.1) is 23.3 Å². The van der Waals surface area contributed by atoms with Crippen molar-refractivity contribution in [2.24, 2.45) is 7.05 Å². The number of para-hydroxylation sites is 2. The molecule has 0 saturated carbocycles. The first kappa shape index (κ1) is 19.9. The van der Waals surface area contributed by atoms with Crippen LogP contribution in [0.1, 0.15) is 11.8 Å². The van der Waals surface area contributed by atoms with Crippen LogP contribution in [0, 0.1) is 6.92 Å². The van der Waals surface area contributed by atoms with Crippen LogP contribution in [0.2, 0.25) is 0 Å². The van der Waals surface area contributed by atoms with Gasteiger partial charge in [-0.1, -0.05) is 12.1 Å². The second-order valence-electron chi connectivity index (χ2n) is 6.85. The van der Waals surface area contributed by atoms with Gasteiger partial charge >= 0.3 is 5.69 Å². The fourth-order valence-electron chi connectivity index (χ4n) is 3.41. The number of carbonyl (C=O) groups is 1. The number of fused-ring (bicyclic) bond motifs is 1. The van der Waals surface area contributed by atoms with E-state index >= 15 is 0 Å². The van der Waals surface area contributed by atoms with Crippen LogP contribution >= 0.6 is 11.3 Å². The fraction of sp³-hybridized carbons (Fsp3) is 0.227. The second kappa shape index (κ2) is 8.16. The van der Waals surface area contributed by atoms with Gasteiger partial charge in [-0.2, -0.15) is 0 Å². The Morgan fingerprint density at radius 3 is 2.53 bits per heavy atom. The van der Waals surface area contributed by atoms with E-state index < -0.39 is 0 Å². The minimum absolute atomic E-state index is 0.0722. The molecule has 154 valence electrons. The predicted molar refractivity (Wildman–Crippen MR) is 119 cm³/mol. The van der Waals surface area contributed by atoms with E-state index in [4.69, 9.17) is 4.74 Å². The molecule has 0 radical (unpaired) electrons. The maximum atomic E-state index is 12.6. The van der Waals surface area contributed by atoms with E-state index in [-0.39, 0.29) is 18.1 Å². The molecule has 0 atom stereocenters. The van der Waals surface area contributed by atoms with Gasteiger partial charge < -0.3 is 10.1 Å². The molecule has 0 spiro atoms. The van der Waals surface area contributed by atoms with Gasteiger partial charge in [0.2, 0.25) is 5.91 Å². The van der Waals surface area contributed by atoms with E-state index in [0.717, 1.165) is 32.9 Å². The van der Waals surface area contributed by atoms with Gasteiger partial charge in [-0.15, -0.1) is 11.3 Å². The molecule has 0 aliphatic heterocycles. The van der Waals surface area contributed by atoms with E-state index in [0.29, 0.717) is 11.7 Å². The van der Waals surface area contributed by atoms with Crippen molar-refractivity contribution >= 4 is 33.4 Å². The van der Waals surface area contributed by atoms with Crippen molar-refractivity contribution in [1.82, 2.24) is 14.1 Å².